The number of aryl methyl sites for hydroxylation is 1. The van der Waals surface area contributed by atoms with Crippen LogP contribution >= 0.6 is 0 Å². The minimum atomic E-state index is -0.799. The predicted molar refractivity (Wildman–Crippen MR) is 73.9 cm³/mol. The molecule has 1 aromatic carbocycles. The lowest BCUT2D eigenvalue weighted by Gasteiger charge is -2.17. The molecule has 0 aromatic heterocycles. The number of hydrogen-bond donors (Lipinski definition) is 0. The van der Waals surface area contributed by atoms with Crippen molar-refractivity contribution >= 4 is 5.97 Å². The predicted octanol–water partition coefficient (Wildman–Crippen LogP) is 3.34. The largest absolute Gasteiger partial charge is 0.464 e. The van der Waals surface area contributed by atoms with Crippen LogP contribution in [-0.4, -0.2) is 18.2 Å². The quantitative estimate of drug-likeness (QED) is 0.603. The molecule has 1 saturated heterocycles. The fraction of sp³-hybridized carbons (Fsp3) is 0.562. The van der Waals surface area contributed by atoms with E-state index in [0.717, 1.165) is 12.0 Å². The minimum Gasteiger partial charge on any atom is -0.464 e. The Hall–Kier alpha value is -1.35. The lowest BCUT2D eigenvalue weighted by molar-refractivity contribution is -0.149. The Balaban J connectivity index is 2.36. The molecular weight excluding hydrogens is 240 g/mol. The number of carbonyl (C=O) groups excluding carboxylic acids is 1. The lowest BCUT2D eigenvalue weighted by Crippen LogP contribution is -2.34. The second kappa shape index (κ2) is 4.97. The maximum atomic E-state index is 12.2. The van der Waals surface area contributed by atoms with Crippen LogP contribution in [0.25, 0.3) is 0 Å². The first-order valence-electron chi connectivity index (χ1n) is 7.00. The highest BCUT2D eigenvalue weighted by Gasteiger charge is 2.74. The van der Waals surface area contributed by atoms with Gasteiger partial charge in [-0.1, -0.05) is 43.7 Å². The average molecular weight is 262 g/mol. The molecule has 1 aromatic rings. The summed E-state index contributed by atoms with van der Waals surface area (Å²) in [5, 5.41) is 0. The Bertz CT molecular complexity index is 465. The van der Waals surface area contributed by atoms with Crippen molar-refractivity contribution in [3.63, 3.8) is 0 Å². The van der Waals surface area contributed by atoms with E-state index in [9.17, 15) is 4.79 Å². The van der Waals surface area contributed by atoms with Gasteiger partial charge in [0.2, 0.25) is 0 Å². The smallest absolute Gasteiger partial charge is 0.341 e. The highest BCUT2D eigenvalue weighted by molar-refractivity contribution is 5.85. The third kappa shape index (κ3) is 1.96. The molecule has 0 amide bonds. The molecule has 0 spiro atoms. The molecule has 2 rings (SSSR count). The van der Waals surface area contributed by atoms with Gasteiger partial charge in [-0.15, -0.1) is 0 Å². The molecule has 0 aliphatic carbocycles. The molecule has 104 valence electrons. The number of epoxide rings is 1. The molecule has 1 aliphatic rings. The molecule has 2 atom stereocenters. The van der Waals surface area contributed by atoms with Gasteiger partial charge in [-0.25, -0.2) is 4.79 Å². The number of esters is 1. The van der Waals surface area contributed by atoms with Gasteiger partial charge in [-0.2, -0.15) is 0 Å². The third-order valence-electron chi connectivity index (χ3n) is 4.08. The summed E-state index contributed by atoms with van der Waals surface area (Å²) in [6.07, 6.45) is 1.40. The molecule has 1 aliphatic heterocycles. The Morgan fingerprint density at radius 3 is 2.26 bits per heavy atom. The zero-order valence-corrected chi connectivity index (χ0v) is 12.2. The Labute approximate surface area is 114 Å². The van der Waals surface area contributed by atoms with Crippen LogP contribution in [0.15, 0.2) is 24.3 Å². The summed E-state index contributed by atoms with van der Waals surface area (Å²) in [7, 11) is 0. The molecule has 0 radical (unpaired) electrons. The van der Waals surface area contributed by atoms with Crippen LogP contribution in [0.4, 0.5) is 0 Å². The van der Waals surface area contributed by atoms with Crippen LogP contribution < -0.4 is 0 Å². The third-order valence-corrected chi connectivity index (χ3v) is 4.08. The molecule has 2 unspecified atom stereocenters. The van der Waals surface area contributed by atoms with Crippen molar-refractivity contribution < 1.29 is 14.3 Å². The van der Waals surface area contributed by atoms with Gasteiger partial charge < -0.3 is 9.47 Å². The van der Waals surface area contributed by atoms with E-state index >= 15 is 0 Å². The van der Waals surface area contributed by atoms with E-state index in [4.69, 9.17) is 9.47 Å². The van der Waals surface area contributed by atoms with Crippen molar-refractivity contribution in [3.8, 4) is 0 Å². The monoisotopic (exact) mass is 262 g/mol. The van der Waals surface area contributed by atoms with Crippen LogP contribution in [0, 0.1) is 6.92 Å². The Morgan fingerprint density at radius 2 is 1.79 bits per heavy atom. The topological polar surface area (TPSA) is 38.8 Å². The van der Waals surface area contributed by atoms with Crippen molar-refractivity contribution in [2.45, 2.75) is 51.7 Å². The second-order valence-electron chi connectivity index (χ2n) is 5.05. The Morgan fingerprint density at radius 1 is 1.16 bits per heavy atom. The van der Waals surface area contributed by atoms with Gasteiger partial charge in [0, 0.05) is 0 Å². The average Bonchev–Trinajstić information content (AvgIpc) is 3.11. The van der Waals surface area contributed by atoms with Crippen molar-refractivity contribution in [3.05, 3.63) is 35.4 Å². The molecule has 0 bridgehead atoms. The number of ether oxygens (including phenoxy) is 2. The molecule has 0 N–H and O–H groups in total. The molecule has 19 heavy (non-hydrogen) atoms. The molecule has 3 heteroatoms. The van der Waals surface area contributed by atoms with Gasteiger partial charge in [-0.3, -0.25) is 0 Å². The summed E-state index contributed by atoms with van der Waals surface area (Å²) in [5.41, 5.74) is 0.957. The van der Waals surface area contributed by atoms with E-state index < -0.39 is 11.2 Å². The van der Waals surface area contributed by atoms with Crippen molar-refractivity contribution in [2.24, 2.45) is 0 Å². The van der Waals surface area contributed by atoms with Gasteiger partial charge in [0.05, 0.1) is 6.61 Å². The zero-order chi connectivity index (χ0) is 14.1. The standard InChI is InChI=1S/C16H22O3/c1-5-15(13-10-8-12(4)9-11-13)16(6-2,19-15)14(17)18-7-3/h8-11H,5-7H2,1-4H3. The SMILES string of the molecule is CCOC(=O)C1(CC)OC1(CC)c1ccc(C)cc1. The van der Waals surface area contributed by atoms with E-state index in [2.05, 4.69) is 38.1 Å². The van der Waals surface area contributed by atoms with Crippen LogP contribution in [-0.2, 0) is 19.9 Å². The minimum absolute atomic E-state index is 0.236. The number of rotatable bonds is 5. The summed E-state index contributed by atoms with van der Waals surface area (Å²) in [6.45, 7) is 8.29. The first-order chi connectivity index (χ1) is 9.06. The Kier molecular flexibility index (Phi) is 3.68. The zero-order valence-electron chi connectivity index (χ0n) is 12.2. The van der Waals surface area contributed by atoms with Crippen molar-refractivity contribution in [2.75, 3.05) is 6.61 Å². The van der Waals surface area contributed by atoms with Gasteiger partial charge in [-0.05, 0) is 32.3 Å². The van der Waals surface area contributed by atoms with Crippen LogP contribution in [0.5, 0.6) is 0 Å². The summed E-state index contributed by atoms with van der Waals surface area (Å²) in [6, 6.07) is 8.21. The second-order valence-corrected chi connectivity index (χ2v) is 5.05. The summed E-state index contributed by atoms with van der Waals surface area (Å²) in [5.74, 6) is -0.236. The van der Waals surface area contributed by atoms with E-state index in [0.29, 0.717) is 13.0 Å². The highest BCUT2D eigenvalue weighted by Crippen LogP contribution is 2.60. The summed E-state index contributed by atoms with van der Waals surface area (Å²) >= 11 is 0. The van der Waals surface area contributed by atoms with Crippen LogP contribution in [0.1, 0.15) is 44.7 Å². The van der Waals surface area contributed by atoms with Crippen molar-refractivity contribution in [1.82, 2.24) is 0 Å². The molecular formula is C16H22O3. The maximum Gasteiger partial charge on any atom is 0.341 e. The van der Waals surface area contributed by atoms with Gasteiger partial charge in [0.25, 0.3) is 0 Å². The van der Waals surface area contributed by atoms with E-state index in [1.807, 2.05) is 13.8 Å². The maximum absolute atomic E-state index is 12.2. The molecule has 3 nitrogen and oxygen atoms in total. The fourth-order valence-electron chi connectivity index (χ4n) is 2.90. The van der Waals surface area contributed by atoms with Crippen LogP contribution in [0.3, 0.4) is 0 Å². The number of carbonyl (C=O) groups is 1. The number of hydrogen-bond acceptors (Lipinski definition) is 3. The van der Waals surface area contributed by atoms with Crippen molar-refractivity contribution in [1.29, 1.82) is 0 Å². The van der Waals surface area contributed by atoms with Gasteiger partial charge in [0.1, 0.15) is 5.60 Å². The van der Waals surface area contributed by atoms with Crippen LogP contribution in [0.2, 0.25) is 0 Å². The van der Waals surface area contributed by atoms with E-state index in [1.165, 1.54) is 5.56 Å². The molecule has 0 saturated carbocycles. The lowest BCUT2D eigenvalue weighted by atomic mass is 9.82. The van der Waals surface area contributed by atoms with Gasteiger partial charge in [0.15, 0.2) is 5.60 Å². The molecule has 1 heterocycles. The fourth-order valence-corrected chi connectivity index (χ4v) is 2.90. The first-order valence-corrected chi connectivity index (χ1v) is 7.00. The highest BCUT2D eigenvalue weighted by atomic mass is 16.7. The van der Waals surface area contributed by atoms with E-state index in [1.54, 1.807) is 0 Å². The summed E-state index contributed by atoms with van der Waals surface area (Å²) in [4.78, 5) is 12.2. The van der Waals surface area contributed by atoms with Gasteiger partial charge >= 0.3 is 5.97 Å². The summed E-state index contributed by atoms with van der Waals surface area (Å²) < 4.78 is 11.2. The first kappa shape index (κ1) is 14.1. The number of benzene rings is 1. The molecule has 1 fully saturated rings. The van der Waals surface area contributed by atoms with E-state index in [-0.39, 0.29) is 5.97 Å². The normalized spacial score (nSPS) is 29.1.